The number of sulfonamides is 1. The van der Waals surface area contributed by atoms with Crippen LogP contribution in [0.15, 0.2) is 29.2 Å². The van der Waals surface area contributed by atoms with E-state index in [-0.39, 0.29) is 42.9 Å². The average molecular weight is 366 g/mol. The Balaban J connectivity index is 0.00000484. The molecule has 1 amide bonds. The maximum atomic E-state index is 12.1. The van der Waals surface area contributed by atoms with E-state index in [2.05, 4.69) is 4.72 Å². The number of aryl methyl sites for hydroxylation is 1. The van der Waals surface area contributed by atoms with E-state index in [0.717, 1.165) is 5.56 Å². The van der Waals surface area contributed by atoms with Gasteiger partial charge in [-0.15, -0.1) is 12.4 Å². The molecule has 0 heterocycles. The quantitative estimate of drug-likeness (QED) is 0.681. The first-order chi connectivity index (χ1) is 10.3. The maximum Gasteiger partial charge on any atom is 0.241 e. The molecule has 0 aliphatic heterocycles. The van der Waals surface area contributed by atoms with E-state index in [4.69, 9.17) is 10.5 Å². The SMILES string of the molecule is COCC(N)C(=O)N(C)CCNS(=O)(=O)c1ccc(C)cc1.Cl. The zero-order chi connectivity index (χ0) is 16.8. The molecule has 1 aromatic rings. The summed E-state index contributed by atoms with van der Waals surface area (Å²) in [6, 6.07) is 5.80. The van der Waals surface area contributed by atoms with Gasteiger partial charge < -0.3 is 15.4 Å². The van der Waals surface area contributed by atoms with Crippen molar-refractivity contribution in [3.8, 4) is 0 Å². The predicted octanol–water partition coefficient (Wildman–Crippen LogP) is 0.127. The molecule has 23 heavy (non-hydrogen) atoms. The Morgan fingerprint density at radius 2 is 1.91 bits per heavy atom. The normalized spacial score (nSPS) is 12.3. The van der Waals surface area contributed by atoms with Crippen molar-refractivity contribution in [2.45, 2.75) is 17.9 Å². The molecule has 3 N–H and O–H groups in total. The Morgan fingerprint density at radius 1 is 1.35 bits per heavy atom. The van der Waals surface area contributed by atoms with Crippen LogP contribution in [-0.4, -0.2) is 59.1 Å². The fourth-order valence-electron chi connectivity index (χ4n) is 1.79. The minimum atomic E-state index is -3.57. The summed E-state index contributed by atoms with van der Waals surface area (Å²) in [4.78, 5) is 13.4. The molecule has 7 nitrogen and oxygen atoms in total. The van der Waals surface area contributed by atoms with Gasteiger partial charge in [0.05, 0.1) is 11.5 Å². The summed E-state index contributed by atoms with van der Waals surface area (Å²) in [5, 5.41) is 0. The molecule has 0 saturated heterocycles. The van der Waals surface area contributed by atoms with Crippen LogP contribution in [-0.2, 0) is 19.6 Å². The highest BCUT2D eigenvalue weighted by molar-refractivity contribution is 7.89. The highest BCUT2D eigenvalue weighted by Gasteiger charge is 2.18. The first kappa shape index (κ1) is 21.8. The van der Waals surface area contributed by atoms with Crippen molar-refractivity contribution in [3.63, 3.8) is 0 Å². The summed E-state index contributed by atoms with van der Waals surface area (Å²) in [6.45, 7) is 2.34. The molecule has 0 saturated carbocycles. The first-order valence-corrected chi connectivity index (χ1v) is 8.32. The van der Waals surface area contributed by atoms with Crippen molar-refractivity contribution in [2.75, 3.05) is 33.9 Å². The molecular weight excluding hydrogens is 342 g/mol. The number of amides is 1. The van der Waals surface area contributed by atoms with E-state index in [1.165, 1.54) is 12.0 Å². The van der Waals surface area contributed by atoms with E-state index >= 15 is 0 Å². The Kier molecular flexibility index (Phi) is 9.33. The minimum Gasteiger partial charge on any atom is -0.383 e. The molecule has 9 heteroatoms. The van der Waals surface area contributed by atoms with Crippen molar-refractivity contribution in [1.82, 2.24) is 9.62 Å². The van der Waals surface area contributed by atoms with Crippen LogP contribution in [0, 0.1) is 6.92 Å². The van der Waals surface area contributed by atoms with Crippen LogP contribution in [0.3, 0.4) is 0 Å². The van der Waals surface area contributed by atoms with Gasteiger partial charge in [-0.05, 0) is 19.1 Å². The fraction of sp³-hybridized carbons (Fsp3) is 0.500. The third-order valence-electron chi connectivity index (χ3n) is 3.11. The van der Waals surface area contributed by atoms with E-state index in [1.807, 2.05) is 6.92 Å². The van der Waals surface area contributed by atoms with E-state index < -0.39 is 16.1 Å². The first-order valence-electron chi connectivity index (χ1n) is 6.83. The van der Waals surface area contributed by atoms with Gasteiger partial charge in [0.1, 0.15) is 6.04 Å². The Bertz CT molecular complexity index is 593. The van der Waals surface area contributed by atoms with Crippen molar-refractivity contribution >= 4 is 28.3 Å². The number of benzene rings is 1. The van der Waals surface area contributed by atoms with Crippen LogP contribution in [0.5, 0.6) is 0 Å². The number of hydrogen-bond acceptors (Lipinski definition) is 5. The maximum absolute atomic E-state index is 12.1. The van der Waals surface area contributed by atoms with Crippen molar-refractivity contribution in [2.24, 2.45) is 5.73 Å². The van der Waals surface area contributed by atoms with Crippen LogP contribution in [0.2, 0.25) is 0 Å². The molecule has 0 bridgehead atoms. The van der Waals surface area contributed by atoms with E-state index in [9.17, 15) is 13.2 Å². The van der Waals surface area contributed by atoms with E-state index in [0.29, 0.717) is 0 Å². The van der Waals surface area contributed by atoms with Gasteiger partial charge in [-0.2, -0.15) is 0 Å². The van der Waals surface area contributed by atoms with Crippen LogP contribution in [0.25, 0.3) is 0 Å². The molecule has 132 valence electrons. The van der Waals surface area contributed by atoms with Gasteiger partial charge in [-0.25, -0.2) is 13.1 Å². The lowest BCUT2D eigenvalue weighted by Crippen LogP contribution is -2.46. The molecule has 0 fully saturated rings. The molecule has 1 aromatic carbocycles. The Labute approximate surface area is 143 Å². The molecule has 0 aliphatic rings. The van der Waals surface area contributed by atoms with Gasteiger partial charge in [0, 0.05) is 27.2 Å². The topological polar surface area (TPSA) is 102 Å². The molecule has 1 rings (SSSR count). The number of ether oxygens (including phenoxy) is 1. The molecule has 0 aliphatic carbocycles. The predicted molar refractivity (Wildman–Crippen MR) is 91.1 cm³/mol. The molecule has 0 aromatic heterocycles. The van der Waals surface area contributed by atoms with Gasteiger partial charge in [0.25, 0.3) is 0 Å². The third-order valence-corrected chi connectivity index (χ3v) is 4.59. The largest absolute Gasteiger partial charge is 0.383 e. The highest BCUT2D eigenvalue weighted by atomic mass is 35.5. The second-order valence-electron chi connectivity index (χ2n) is 5.03. The highest BCUT2D eigenvalue weighted by Crippen LogP contribution is 2.09. The van der Waals surface area contributed by atoms with Gasteiger partial charge in [0.15, 0.2) is 0 Å². The number of methoxy groups -OCH3 is 1. The number of rotatable bonds is 8. The van der Waals surface area contributed by atoms with Gasteiger partial charge in [0.2, 0.25) is 15.9 Å². The summed E-state index contributed by atoms with van der Waals surface area (Å²) in [5.41, 5.74) is 6.62. The number of nitrogens with zero attached hydrogens (tertiary/aromatic N) is 1. The standard InChI is InChI=1S/C14H23N3O4S.ClH/c1-11-4-6-12(7-5-11)22(19,20)16-8-9-17(2)14(18)13(15)10-21-3;/h4-7,13,16H,8-10,15H2,1-3H3;1H. The lowest BCUT2D eigenvalue weighted by molar-refractivity contribution is -0.132. The number of nitrogens with two attached hydrogens (primary N) is 1. The minimum absolute atomic E-state index is 0. The number of likely N-dealkylation sites (N-methyl/N-ethyl adjacent to an activating group) is 1. The second-order valence-corrected chi connectivity index (χ2v) is 6.80. The Morgan fingerprint density at radius 3 is 2.43 bits per heavy atom. The van der Waals surface area contributed by atoms with Crippen molar-refractivity contribution in [3.05, 3.63) is 29.8 Å². The smallest absolute Gasteiger partial charge is 0.241 e. The summed E-state index contributed by atoms with van der Waals surface area (Å²) in [7, 11) is -0.544. The zero-order valence-corrected chi connectivity index (χ0v) is 15.1. The van der Waals surface area contributed by atoms with Gasteiger partial charge in [-0.1, -0.05) is 17.7 Å². The molecule has 1 atom stereocenters. The molecule has 0 spiro atoms. The van der Waals surface area contributed by atoms with Gasteiger partial charge in [-0.3, -0.25) is 4.79 Å². The zero-order valence-electron chi connectivity index (χ0n) is 13.5. The number of hydrogen-bond donors (Lipinski definition) is 2. The number of halogens is 1. The number of carbonyl (C=O) groups is 1. The summed E-state index contributed by atoms with van der Waals surface area (Å²) in [6.07, 6.45) is 0. The van der Waals surface area contributed by atoms with Gasteiger partial charge >= 0.3 is 0 Å². The summed E-state index contributed by atoms with van der Waals surface area (Å²) in [5.74, 6) is -0.295. The number of nitrogens with one attached hydrogen (secondary N) is 1. The van der Waals surface area contributed by atoms with E-state index in [1.54, 1.807) is 31.3 Å². The average Bonchev–Trinajstić information content (AvgIpc) is 2.46. The Hall–Kier alpha value is -1.19. The second kappa shape index (κ2) is 9.84. The molecule has 0 radical (unpaired) electrons. The summed E-state index contributed by atoms with van der Waals surface area (Å²) < 4.78 is 31.4. The fourth-order valence-corrected chi connectivity index (χ4v) is 2.81. The van der Waals surface area contributed by atoms with Crippen LogP contribution in [0.4, 0.5) is 0 Å². The lowest BCUT2D eigenvalue weighted by Gasteiger charge is -2.21. The van der Waals surface area contributed by atoms with Crippen LogP contribution < -0.4 is 10.5 Å². The summed E-state index contributed by atoms with van der Waals surface area (Å²) >= 11 is 0. The molecule has 1 unspecified atom stereocenters. The number of carbonyl (C=O) groups excluding carboxylic acids is 1. The molecular formula is C14H24ClN3O4S. The third kappa shape index (κ3) is 6.84. The monoisotopic (exact) mass is 365 g/mol. The van der Waals surface area contributed by atoms with Crippen LogP contribution in [0.1, 0.15) is 5.56 Å². The van der Waals surface area contributed by atoms with Crippen molar-refractivity contribution in [1.29, 1.82) is 0 Å². The van der Waals surface area contributed by atoms with Crippen LogP contribution >= 0.6 is 12.4 Å². The lowest BCUT2D eigenvalue weighted by atomic mass is 10.2. The van der Waals surface area contributed by atoms with Crippen molar-refractivity contribution < 1.29 is 17.9 Å².